The third kappa shape index (κ3) is 6.02. The Morgan fingerprint density at radius 2 is 2.00 bits per heavy atom. The van der Waals surface area contributed by atoms with Gasteiger partial charge in [-0.3, -0.25) is 10.1 Å². The largest absolute Gasteiger partial charge is 0.493 e. The molecule has 0 fully saturated rings. The van der Waals surface area contributed by atoms with Gasteiger partial charge in [-0.1, -0.05) is 18.2 Å². The Balaban J connectivity index is 1.54. The third-order valence-electron chi connectivity index (χ3n) is 4.39. The first-order valence-corrected chi connectivity index (χ1v) is 9.88. The number of rotatable bonds is 11. The van der Waals surface area contributed by atoms with Gasteiger partial charge >= 0.3 is 0 Å². The summed E-state index contributed by atoms with van der Waals surface area (Å²) in [5.74, 6) is 0.526. The number of hydrogen-bond donors (Lipinski definition) is 1. The molecule has 0 aliphatic heterocycles. The number of aryl methyl sites for hydroxylation is 1. The average Bonchev–Trinajstić information content (AvgIpc) is 3.06. The number of halogens is 1. The molecule has 0 spiro atoms. The molecule has 0 aliphatic rings. The van der Waals surface area contributed by atoms with Gasteiger partial charge in [-0.25, -0.2) is 9.37 Å². The van der Waals surface area contributed by atoms with Gasteiger partial charge in [0.05, 0.1) is 17.6 Å². The lowest BCUT2D eigenvalue weighted by Gasteiger charge is -2.10. The Kier molecular flexibility index (Phi) is 7.58. The summed E-state index contributed by atoms with van der Waals surface area (Å²) < 4.78 is 26.0. The molecule has 0 saturated heterocycles. The lowest BCUT2D eigenvalue weighted by molar-refractivity contribution is -0.116. The van der Waals surface area contributed by atoms with E-state index in [1.54, 1.807) is 12.1 Å². The fraction of sp³-hybridized carbons (Fsp3) is 0.364. The van der Waals surface area contributed by atoms with Crippen LogP contribution >= 0.6 is 0 Å². The zero-order valence-corrected chi connectivity index (χ0v) is 16.6. The predicted molar refractivity (Wildman–Crippen MR) is 111 cm³/mol. The van der Waals surface area contributed by atoms with Gasteiger partial charge in [0.15, 0.2) is 0 Å². The van der Waals surface area contributed by atoms with E-state index < -0.39 is 0 Å². The molecule has 3 aromatic rings. The molecule has 0 bridgehead atoms. The summed E-state index contributed by atoms with van der Waals surface area (Å²) in [6, 6.07) is 13.8. The highest BCUT2D eigenvalue weighted by molar-refractivity contribution is 5.91. The highest BCUT2D eigenvalue weighted by Gasteiger charge is 2.13. The van der Waals surface area contributed by atoms with Crippen LogP contribution in [0.3, 0.4) is 0 Å². The van der Waals surface area contributed by atoms with E-state index in [9.17, 15) is 9.18 Å². The van der Waals surface area contributed by atoms with Crippen molar-refractivity contribution in [2.45, 2.75) is 32.7 Å². The van der Waals surface area contributed by atoms with Gasteiger partial charge < -0.3 is 14.0 Å². The number of carbonyl (C=O) groups is 1. The minimum atomic E-state index is -0.344. The highest BCUT2D eigenvalue weighted by Crippen LogP contribution is 2.20. The quantitative estimate of drug-likeness (QED) is 0.486. The summed E-state index contributed by atoms with van der Waals surface area (Å²) >= 11 is 0. The predicted octanol–water partition coefficient (Wildman–Crippen LogP) is 4.40. The van der Waals surface area contributed by atoms with Gasteiger partial charge in [-0.2, -0.15) is 0 Å². The molecule has 2 aromatic carbocycles. The number of imidazole rings is 1. The third-order valence-corrected chi connectivity index (χ3v) is 4.39. The van der Waals surface area contributed by atoms with Crippen molar-refractivity contribution >= 4 is 22.9 Å². The second kappa shape index (κ2) is 10.6. The first kappa shape index (κ1) is 20.8. The van der Waals surface area contributed by atoms with E-state index in [-0.39, 0.29) is 18.1 Å². The molecule has 7 heteroatoms. The maximum Gasteiger partial charge on any atom is 0.226 e. The lowest BCUT2D eigenvalue weighted by atomic mass is 10.3. The molecule has 0 atom stereocenters. The highest BCUT2D eigenvalue weighted by atomic mass is 19.1. The van der Waals surface area contributed by atoms with Gasteiger partial charge in [0.1, 0.15) is 11.6 Å². The van der Waals surface area contributed by atoms with Crippen molar-refractivity contribution in [2.24, 2.45) is 0 Å². The van der Waals surface area contributed by atoms with E-state index in [4.69, 9.17) is 9.47 Å². The van der Waals surface area contributed by atoms with Gasteiger partial charge in [-0.05, 0) is 44.0 Å². The SMILES string of the molecule is CCOCCCn1c(NC(=O)CCCOc2cccc(F)c2)nc2ccccc21. The average molecular weight is 399 g/mol. The van der Waals surface area contributed by atoms with E-state index in [1.165, 1.54) is 12.1 Å². The van der Waals surface area contributed by atoms with E-state index in [1.807, 2.05) is 35.8 Å². The maximum absolute atomic E-state index is 13.1. The summed E-state index contributed by atoms with van der Waals surface area (Å²) in [6.45, 7) is 4.36. The number of ether oxygens (including phenoxy) is 2. The van der Waals surface area contributed by atoms with E-state index in [0.717, 1.165) is 17.5 Å². The number of aromatic nitrogens is 2. The normalized spacial score (nSPS) is 11.0. The number of amides is 1. The number of nitrogens with one attached hydrogen (secondary N) is 1. The van der Waals surface area contributed by atoms with E-state index >= 15 is 0 Å². The minimum absolute atomic E-state index is 0.130. The van der Waals surface area contributed by atoms with Crippen molar-refractivity contribution in [1.82, 2.24) is 9.55 Å². The lowest BCUT2D eigenvalue weighted by Crippen LogP contribution is -2.17. The van der Waals surface area contributed by atoms with Crippen molar-refractivity contribution in [3.8, 4) is 5.75 Å². The maximum atomic E-state index is 13.1. The number of nitrogens with zero attached hydrogens (tertiary/aromatic N) is 2. The second-order valence-corrected chi connectivity index (χ2v) is 6.58. The first-order chi connectivity index (χ1) is 14.2. The summed E-state index contributed by atoms with van der Waals surface area (Å²) in [7, 11) is 0. The van der Waals surface area contributed by atoms with E-state index in [0.29, 0.717) is 44.5 Å². The number of carbonyl (C=O) groups excluding carboxylic acids is 1. The molecular weight excluding hydrogens is 373 g/mol. The van der Waals surface area contributed by atoms with Gasteiger partial charge in [-0.15, -0.1) is 0 Å². The number of para-hydroxylation sites is 2. The van der Waals surface area contributed by atoms with Crippen LogP contribution in [0.1, 0.15) is 26.2 Å². The van der Waals surface area contributed by atoms with Crippen molar-refractivity contribution in [3.05, 3.63) is 54.3 Å². The molecule has 154 valence electrons. The summed E-state index contributed by atoms with van der Waals surface area (Å²) in [5.41, 5.74) is 1.82. The van der Waals surface area contributed by atoms with Gasteiger partial charge in [0.25, 0.3) is 0 Å². The molecule has 1 amide bonds. The van der Waals surface area contributed by atoms with Crippen LogP contribution in [0.2, 0.25) is 0 Å². The summed E-state index contributed by atoms with van der Waals surface area (Å²) in [5, 5.41) is 2.91. The molecule has 0 radical (unpaired) electrons. The molecule has 29 heavy (non-hydrogen) atoms. The Morgan fingerprint density at radius 3 is 2.83 bits per heavy atom. The van der Waals surface area contributed by atoms with Crippen LogP contribution in [-0.4, -0.2) is 35.3 Å². The Hall–Kier alpha value is -2.93. The summed E-state index contributed by atoms with van der Waals surface area (Å²) in [6.07, 6.45) is 1.64. The van der Waals surface area contributed by atoms with E-state index in [2.05, 4.69) is 10.3 Å². The van der Waals surface area contributed by atoms with Crippen LogP contribution < -0.4 is 10.1 Å². The van der Waals surface area contributed by atoms with Crippen LogP contribution in [-0.2, 0) is 16.1 Å². The smallest absolute Gasteiger partial charge is 0.226 e. The van der Waals surface area contributed by atoms with Crippen LogP contribution in [0, 0.1) is 5.82 Å². The minimum Gasteiger partial charge on any atom is -0.493 e. The first-order valence-electron chi connectivity index (χ1n) is 9.88. The van der Waals surface area contributed by atoms with Crippen LogP contribution in [0.5, 0.6) is 5.75 Å². The van der Waals surface area contributed by atoms with Crippen LogP contribution in [0.4, 0.5) is 10.3 Å². The Bertz CT molecular complexity index is 942. The molecular formula is C22H26FN3O3. The molecule has 0 aliphatic carbocycles. The standard InChI is InChI=1S/C22H26FN3O3/c1-2-28-14-7-13-26-20-11-4-3-10-19(20)24-22(26)25-21(27)12-6-15-29-18-9-5-8-17(23)16-18/h3-5,8-11,16H,2,6-7,12-15H2,1H3,(H,24,25,27). The van der Waals surface area contributed by atoms with Crippen molar-refractivity contribution in [2.75, 3.05) is 25.1 Å². The van der Waals surface area contributed by atoms with Crippen molar-refractivity contribution in [1.29, 1.82) is 0 Å². The molecule has 1 N–H and O–H groups in total. The number of benzene rings is 2. The zero-order valence-electron chi connectivity index (χ0n) is 16.6. The molecule has 0 unspecified atom stereocenters. The topological polar surface area (TPSA) is 65.4 Å². The van der Waals surface area contributed by atoms with Gasteiger partial charge in [0, 0.05) is 32.2 Å². The van der Waals surface area contributed by atoms with Gasteiger partial charge in [0.2, 0.25) is 11.9 Å². The molecule has 3 rings (SSSR count). The van der Waals surface area contributed by atoms with Crippen LogP contribution in [0.25, 0.3) is 11.0 Å². The number of anilines is 1. The molecule has 1 heterocycles. The fourth-order valence-electron chi connectivity index (χ4n) is 3.03. The molecule has 1 aromatic heterocycles. The Labute approximate surface area is 169 Å². The Morgan fingerprint density at radius 1 is 1.14 bits per heavy atom. The fourth-order valence-corrected chi connectivity index (χ4v) is 3.03. The van der Waals surface area contributed by atoms with Crippen molar-refractivity contribution in [3.63, 3.8) is 0 Å². The number of hydrogen-bond acceptors (Lipinski definition) is 4. The molecule has 6 nitrogen and oxygen atoms in total. The monoisotopic (exact) mass is 399 g/mol. The zero-order chi connectivity index (χ0) is 20.5. The second-order valence-electron chi connectivity index (χ2n) is 6.58. The molecule has 0 saturated carbocycles. The number of fused-ring (bicyclic) bond motifs is 1. The summed E-state index contributed by atoms with van der Waals surface area (Å²) in [4.78, 5) is 16.9. The van der Waals surface area contributed by atoms with Crippen molar-refractivity contribution < 1.29 is 18.7 Å². The van der Waals surface area contributed by atoms with Crippen LogP contribution in [0.15, 0.2) is 48.5 Å².